The molecule has 18 heavy (non-hydrogen) atoms. The van der Waals surface area contributed by atoms with Crippen LogP contribution in [0, 0.1) is 6.92 Å². The molecule has 0 fully saturated rings. The first-order valence-electron chi connectivity index (χ1n) is 5.97. The smallest absolute Gasteiger partial charge is 0.313 e. The predicted molar refractivity (Wildman–Crippen MR) is 68.8 cm³/mol. The van der Waals surface area contributed by atoms with E-state index in [-0.39, 0.29) is 5.75 Å². The highest BCUT2D eigenvalue weighted by molar-refractivity contribution is 7.99. The molecule has 0 spiro atoms. The molecule has 0 saturated heterocycles. The number of aromatic nitrogens is 3. The summed E-state index contributed by atoms with van der Waals surface area (Å²) in [6, 6.07) is 0. The summed E-state index contributed by atoms with van der Waals surface area (Å²) in [6.45, 7) is 5.98. The van der Waals surface area contributed by atoms with Gasteiger partial charge < -0.3 is 14.4 Å². The molecule has 0 aliphatic rings. The van der Waals surface area contributed by atoms with Crippen molar-refractivity contribution in [2.24, 2.45) is 0 Å². The Morgan fingerprint density at radius 2 is 2.22 bits per heavy atom. The molecule has 0 amide bonds. The second-order valence-electron chi connectivity index (χ2n) is 3.83. The summed E-state index contributed by atoms with van der Waals surface area (Å²) >= 11 is 1.18. The van der Waals surface area contributed by atoms with Crippen molar-refractivity contribution in [3.05, 3.63) is 5.82 Å². The molecule has 1 N–H and O–H groups in total. The second kappa shape index (κ2) is 8.10. The van der Waals surface area contributed by atoms with Crippen LogP contribution >= 0.6 is 11.8 Å². The summed E-state index contributed by atoms with van der Waals surface area (Å²) in [6.07, 6.45) is 2.17. The maximum absolute atomic E-state index is 10.5. The fourth-order valence-electron chi connectivity index (χ4n) is 1.36. The Bertz CT molecular complexity index is 382. The first-order valence-corrected chi connectivity index (χ1v) is 6.95. The van der Waals surface area contributed by atoms with Gasteiger partial charge in [-0.05, 0) is 13.3 Å². The molecule has 0 radical (unpaired) electrons. The quantitative estimate of drug-likeness (QED) is 0.543. The van der Waals surface area contributed by atoms with Crippen molar-refractivity contribution in [1.82, 2.24) is 14.8 Å². The van der Waals surface area contributed by atoms with Crippen molar-refractivity contribution >= 4 is 17.7 Å². The van der Waals surface area contributed by atoms with Crippen LogP contribution in [0.3, 0.4) is 0 Å². The van der Waals surface area contributed by atoms with E-state index in [0.29, 0.717) is 18.3 Å². The lowest BCUT2D eigenvalue weighted by molar-refractivity contribution is -0.133. The molecule has 6 nitrogen and oxygen atoms in total. The van der Waals surface area contributed by atoms with Gasteiger partial charge in [-0.2, -0.15) is 0 Å². The molecule has 0 atom stereocenters. The molecule has 1 aromatic heterocycles. The van der Waals surface area contributed by atoms with E-state index in [4.69, 9.17) is 9.84 Å². The Morgan fingerprint density at radius 3 is 2.89 bits per heavy atom. The molecular formula is C11H19N3O3S. The summed E-state index contributed by atoms with van der Waals surface area (Å²) in [7, 11) is 0. The van der Waals surface area contributed by atoms with E-state index in [0.717, 1.165) is 25.3 Å². The molecule has 1 heterocycles. The first-order chi connectivity index (χ1) is 8.65. The van der Waals surface area contributed by atoms with Gasteiger partial charge >= 0.3 is 5.97 Å². The number of carboxylic acids is 1. The number of nitrogens with zero attached hydrogens (tertiary/aromatic N) is 3. The summed E-state index contributed by atoms with van der Waals surface area (Å²) in [4.78, 5) is 10.5. The fraction of sp³-hybridized carbons (Fsp3) is 0.727. The van der Waals surface area contributed by atoms with Crippen molar-refractivity contribution in [2.75, 3.05) is 19.0 Å². The highest BCUT2D eigenvalue weighted by Gasteiger charge is 2.10. The third-order valence-corrected chi connectivity index (χ3v) is 3.28. The maximum atomic E-state index is 10.5. The molecule has 0 aromatic carbocycles. The zero-order valence-electron chi connectivity index (χ0n) is 10.8. The molecule has 0 saturated carbocycles. The third-order valence-electron chi connectivity index (χ3n) is 2.33. The molecule has 102 valence electrons. The Hall–Kier alpha value is -1.08. The van der Waals surface area contributed by atoms with Gasteiger partial charge in [0.2, 0.25) is 0 Å². The number of carbonyl (C=O) groups is 1. The third kappa shape index (κ3) is 5.05. The summed E-state index contributed by atoms with van der Waals surface area (Å²) < 4.78 is 7.37. The highest BCUT2D eigenvalue weighted by atomic mass is 32.2. The standard InChI is InChI=1S/C11H19N3O3S/c1-3-4-6-17-7-5-14-9(2)12-13-11(14)18-8-10(15)16/h3-8H2,1-2H3,(H,15,16). The summed E-state index contributed by atoms with van der Waals surface area (Å²) in [5, 5.41) is 17.2. The SMILES string of the molecule is CCCCOCCn1c(C)nnc1SCC(=O)O. The Kier molecular flexibility index (Phi) is 6.74. The number of hydrogen-bond acceptors (Lipinski definition) is 5. The molecule has 0 aliphatic carbocycles. The van der Waals surface area contributed by atoms with Crippen LogP contribution in [0.25, 0.3) is 0 Å². The average Bonchev–Trinajstić information content (AvgIpc) is 2.68. The minimum absolute atomic E-state index is 0.00513. The van der Waals surface area contributed by atoms with Gasteiger partial charge in [0.05, 0.1) is 12.4 Å². The number of thioether (sulfide) groups is 1. The largest absolute Gasteiger partial charge is 0.481 e. The van der Waals surface area contributed by atoms with Crippen molar-refractivity contribution in [3.8, 4) is 0 Å². The summed E-state index contributed by atoms with van der Waals surface area (Å²) in [5.74, 6) is -0.0807. The van der Waals surface area contributed by atoms with Crippen molar-refractivity contribution in [3.63, 3.8) is 0 Å². The van der Waals surface area contributed by atoms with Crippen molar-refractivity contribution in [2.45, 2.75) is 38.4 Å². The first kappa shape index (κ1) is 15.0. The van der Waals surface area contributed by atoms with Gasteiger partial charge in [-0.25, -0.2) is 0 Å². The van der Waals surface area contributed by atoms with Gasteiger partial charge in [0.15, 0.2) is 5.16 Å². The molecule has 1 aromatic rings. The number of aliphatic carboxylic acids is 1. The average molecular weight is 273 g/mol. The van der Waals surface area contributed by atoms with Crippen LogP contribution in [0.5, 0.6) is 0 Å². The molecule has 1 rings (SSSR count). The van der Waals surface area contributed by atoms with E-state index in [2.05, 4.69) is 17.1 Å². The van der Waals surface area contributed by atoms with Gasteiger partial charge in [0.1, 0.15) is 5.82 Å². The van der Waals surface area contributed by atoms with Gasteiger partial charge in [-0.1, -0.05) is 25.1 Å². The Balaban J connectivity index is 2.42. The molecular weight excluding hydrogens is 254 g/mol. The molecule has 0 bridgehead atoms. The Morgan fingerprint density at radius 1 is 1.44 bits per heavy atom. The van der Waals surface area contributed by atoms with E-state index >= 15 is 0 Å². The van der Waals surface area contributed by atoms with Gasteiger partial charge in [-0.15, -0.1) is 10.2 Å². The van der Waals surface area contributed by atoms with Crippen LogP contribution in [0.2, 0.25) is 0 Å². The maximum Gasteiger partial charge on any atom is 0.313 e. The van der Waals surface area contributed by atoms with Crippen LogP contribution in [0.15, 0.2) is 5.16 Å². The van der Waals surface area contributed by atoms with E-state index in [9.17, 15) is 4.79 Å². The lowest BCUT2D eigenvalue weighted by atomic mass is 10.4. The van der Waals surface area contributed by atoms with Gasteiger partial charge in [0.25, 0.3) is 0 Å². The van der Waals surface area contributed by atoms with Gasteiger partial charge in [0, 0.05) is 13.2 Å². The fourth-order valence-corrected chi connectivity index (χ4v) is 2.09. The molecule has 0 unspecified atom stereocenters. The monoisotopic (exact) mass is 273 g/mol. The van der Waals surface area contributed by atoms with E-state index < -0.39 is 5.97 Å². The van der Waals surface area contributed by atoms with E-state index in [1.54, 1.807) is 0 Å². The predicted octanol–water partition coefficient (Wildman–Crippen LogP) is 1.58. The van der Waals surface area contributed by atoms with Crippen LogP contribution < -0.4 is 0 Å². The lowest BCUT2D eigenvalue weighted by Crippen LogP contribution is -2.10. The zero-order valence-corrected chi connectivity index (χ0v) is 11.6. The number of rotatable bonds is 9. The normalized spacial score (nSPS) is 10.8. The number of unbranched alkanes of at least 4 members (excludes halogenated alkanes) is 1. The van der Waals surface area contributed by atoms with Gasteiger partial charge in [-0.3, -0.25) is 4.79 Å². The minimum atomic E-state index is -0.855. The van der Waals surface area contributed by atoms with E-state index in [1.807, 2.05) is 11.5 Å². The number of ether oxygens (including phenoxy) is 1. The minimum Gasteiger partial charge on any atom is -0.481 e. The topological polar surface area (TPSA) is 77.2 Å². The van der Waals surface area contributed by atoms with Crippen LogP contribution in [-0.2, 0) is 16.1 Å². The molecule has 7 heteroatoms. The van der Waals surface area contributed by atoms with Crippen LogP contribution in [-0.4, -0.2) is 44.8 Å². The number of hydrogen-bond donors (Lipinski definition) is 1. The molecule has 0 aliphatic heterocycles. The Labute approximate surface area is 111 Å². The number of carboxylic acid groups (broad SMARTS) is 1. The summed E-state index contributed by atoms with van der Waals surface area (Å²) in [5.41, 5.74) is 0. The number of aryl methyl sites for hydroxylation is 1. The van der Waals surface area contributed by atoms with Crippen molar-refractivity contribution < 1.29 is 14.6 Å². The van der Waals surface area contributed by atoms with Crippen LogP contribution in [0.4, 0.5) is 0 Å². The van der Waals surface area contributed by atoms with Crippen molar-refractivity contribution in [1.29, 1.82) is 0 Å². The van der Waals surface area contributed by atoms with E-state index in [1.165, 1.54) is 11.8 Å². The highest BCUT2D eigenvalue weighted by Crippen LogP contribution is 2.16. The second-order valence-corrected chi connectivity index (χ2v) is 4.77. The lowest BCUT2D eigenvalue weighted by Gasteiger charge is -2.08. The van der Waals surface area contributed by atoms with Crippen LogP contribution in [0.1, 0.15) is 25.6 Å². The zero-order chi connectivity index (χ0) is 13.4.